The predicted molar refractivity (Wildman–Crippen MR) is 143 cm³/mol. The summed E-state index contributed by atoms with van der Waals surface area (Å²) in [6.45, 7) is 5.73. The Kier molecular flexibility index (Phi) is 6.03. The van der Waals surface area contributed by atoms with E-state index < -0.39 is 41.1 Å². The molecule has 0 radical (unpaired) electrons. The van der Waals surface area contributed by atoms with E-state index in [0.29, 0.717) is 11.3 Å². The number of fused-ring (bicyclic) bond motifs is 3. The molecule has 11 heteroatoms. The van der Waals surface area contributed by atoms with Crippen LogP contribution in [0.2, 0.25) is 0 Å². The summed E-state index contributed by atoms with van der Waals surface area (Å²) in [5, 5.41) is 5.49. The SMILES string of the molecule is C#[N+][C@@H]1C[C@@]2(CN1C(=O)C(Cc1ccncc1)NC(=O)c1cc3c(F)ccc(F)c3[nH]1)C(=O)Nc1ccccc12. The number of carbonyl (C=O) groups is 3. The average molecular weight is 542 g/mol. The number of H-pyrrole nitrogens is 1. The smallest absolute Gasteiger partial charge is 0.348 e. The van der Waals surface area contributed by atoms with Gasteiger partial charge in [-0.2, -0.15) is 0 Å². The van der Waals surface area contributed by atoms with Crippen LogP contribution in [0.4, 0.5) is 14.5 Å². The van der Waals surface area contributed by atoms with E-state index in [1.807, 2.05) is 18.2 Å². The zero-order valence-corrected chi connectivity index (χ0v) is 21.0. The molecule has 3 N–H and O–H groups in total. The quantitative estimate of drug-likeness (QED) is 0.359. The highest BCUT2D eigenvalue weighted by atomic mass is 19.1. The maximum absolute atomic E-state index is 14.2. The number of para-hydroxylation sites is 1. The highest BCUT2D eigenvalue weighted by Crippen LogP contribution is 2.46. The molecule has 9 nitrogen and oxygen atoms in total. The first kappa shape index (κ1) is 25.2. The molecule has 4 aromatic rings. The van der Waals surface area contributed by atoms with Crippen LogP contribution in [0.1, 0.15) is 28.0 Å². The van der Waals surface area contributed by atoms with Gasteiger partial charge in [0.1, 0.15) is 28.8 Å². The van der Waals surface area contributed by atoms with Gasteiger partial charge in [-0.05, 0) is 47.5 Å². The third-order valence-electron chi connectivity index (χ3n) is 7.64. The molecule has 1 unspecified atom stereocenters. The van der Waals surface area contributed by atoms with Crippen LogP contribution in [0, 0.1) is 18.2 Å². The second kappa shape index (κ2) is 9.57. The summed E-state index contributed by atoms with van der Waals surface area (Å²) in [6, 6.07) is 12.7. The number of hydrogen-bond acceptors (Lipinski definition) is 4. The summed E-state index contributed by atoms with van der Waals surface area (Å²) >= 11 is 0. The van der Waals surface area contributed by atoms with Crippen molar-refractivity contribution in [3.8, 4) is 6.57 Å². The highest BCUT2D eigenvalue weighted by molar-refractivity contribution is 6.07. The number of rotatable bonds is 5. The Balaban J connectivity index is 1.33. The van der Waals surface area contributed by atoms with Gasteiger partial charge in [0, 0.05) is 36.4 Å². The minimum atomic E-state index is -1.12. The molecule has 0 aliphatic carbocycles. The normalized spacial score (nSPS) is 20.3. The van der Waals surface area contributed by atoms with Crippen LogP contribution in [0.3, 0.4) is 0 Å². The fourth-order valence-corrected chi connectivity index (χ4v) is 5.64. The third kappa shape index (κ3) is 4.05. The van der Waals surface area contributed by atoms with Gasteiger partial charge >= 0.3 is 6.17 Å². The summed E-state index contributed by atoms with van der Waals surface area (Å²) in [5.41, 5.74) is 0.807. The number of carbonyl (C=O) groups excluding carboxylic acids is 3. The standard InChI is InChI=1S/C29H22F2N6O3/c1-32-24-14-29(18-4-2-3-5-21(18)36-28(29)40)15-37(24)27(39)23(12-16-8-10-33-11-9-16)35-26(38)22-13-17-19(30)6-7-20(31)25(17)34-22/h1-11,13,23-24H,12,14-15H2,(H2-,34,35,36,38,40)/p+1/t23?,24-,29-/m0/s1. The number of hydrogen-bond donors (Lipinski definition) is 3. The summed E-state index contributed by atoms with van der Waals surface area (Å²) in [7, 11) is 0. The van der Waals surface area contributed by atoms with E-state index in [9.17, 15) is 23.2 Å². The number of anilines is 1. The molecule has 2 aromatic carbocycles. The number of benzene rings is 2. The molecule has 0 saturated carbocycles. The monoisotopic (exact) mass is 541 g/mol. The van der Waals surface area contributed by atoms with Crippen molar-refractivity contribution < 1.29 is 23.2 Å². The Morgan fingerprint density at radius 2 is 1.90 bits per heavy atom. The lowest BCUT2D eigenvalue weighted by atomic mass is 9.80. The lowest BCUT2D eigenvalue weighted by Gasteiger charge is -2.25. The summed E-state index contributed by atoms with van der Waals surface area (Å²) in [4.78, 5) is 52.4. The summed E-state index contributed by atoms with van der Waals surface area (Å²) in [5.74, 6) is -2.91. The molecular formula is C29H23F2N6O3+. The lowest BCUT2D eigenvalue weighted by Crippen LogP contribution is -2.51. The molecule has 6 rings (SSSR count). The highest BCUT2D eigenvalue weighted by Gasteiger charge is 2.60. The maximum atomic E-state index is 14.2. The Hall–Kier alpha value is -5.11. The third-order valence-corrected chi connectivity index (χ3v) is 7.64. The van der Waals surface area contributed by atoms with E-state index in [4.69, 9.17) is 6.57 Å². The molecule has 2 aromatic heterocycles. The van der Waals surface area contributed by atoms with E-state index in [1.165, 1.54) is 11.0 Å². The van der Waals surface area contributed by atoms with Gasteiger partial charge in [0.2, 0.25) is 5.91 Å². The number of likely N-dealkylation sites (tertiary alicyclic amines) is 1. The number of nitrogens with zero attached hydrogens (tertiary/aromatic N) is 3. The maximum Gasteiger partial charge on any atom is 0.350 e. The van der Waals surface area contributed by atoms with E-state index in [0.717, 1.165) is 17.7 Å². The molecule has 4 heterocycles. The van der Waals surface area contributed by atoms with Gasteiger partial charge in [-0.3, -0.25) is 24.3 Å². The Labute approximate surface area is 227 Å². The van der Waals surface area contributed by atoms with E-state index in [2.05, 4.69) is 25.4 Å². The van der Waals surface area contributed by atoms with E-state index in [-0.39, 0.29) is 41.9 Å². The minimum Gasteiger partial charge on any atom is -0.348 e. The molecule has 3 amide bonds. The van der Waals surface area contributed by atoms with Crippen LogP contribution in [-0.4, -0.2) is 51.3 Å². The molecule has 2 aliphatic rings. The van der Waals surface area contributed by atoms with Gasteiger partial charge in [-0.15, -0.1) is 0 Å². The van der Waals surface area contributed by atoms with Crippen molar-refractivity contribution in [2.24, 2.45) is 0 Å². The molecule has 3 atom stereocenters. The van der Waals surface area contributed by atoms with Crippen LogP contribution in [0.15, 0.2) is 67.0 Å². The first-order chi connectivity index (χ1) is 19.3. The molecule has 1 saturated heterocycles. The zero-order valence-electron chi connectivity index (χ0n) is 21.0. The van der Waals surface area contributed by atoms with Crippen LogP contribution in [0.25, 0.3) is 15.7 Å². The van der Waals surface area contributed by atoms with Gasteiger partial charge in [-0.25, -0.2) is 8.78 Å². The fourth-order valence-electron chi connectivity index (χ4n) is 5.64. The van der Waals surface area contributed by atoms with Crippen LogP contribution < -0.4 is 10.6 Å². The predicted octanol–water partition coefficient (Wildman–Crippen LogP) is 3.59. The minimum absolute atomic E-state index is 0.00553. The summed E-state index contributed by atoms with van der Waals surface area (Å²) < 4.78 is 28.5. The Morgan fingerprint density at radius 1 is 1.15 bits per heavy atom. The molecule has 2 aliphatic heterocycles. The fraction of sp³-hybridized carbons (Fsp3) is 0.207. The van der Waals surface area contributed by atoms with E-state index in [1.54, 1.807) is 30.6 Å². The van der Waals surface area contributed by atoms with Crippen molar-refractivity contribution in [1.29, 1.82) is 0 Å². The molecule has 200 valence electrons. The first-order valence-electron chi connectivity index (χ1n) is 12.6. The number of amides is 3. The number of pyridine rings is 1. The van der Waals surface area contributed by atoms with Gasteiger partial charge in [0.05, 0.1) is 11.9 Å². The lowest BCUT2D eigenvalue weighted by molar-refractivity contribution is -0.133. The molecule has 40 heavy (non-hydrogen) atoms. The zero-order chi connectivity index (χ0) is 28.0. The average Bonchev–Trinajstić information content (AvgIpc) is 3.66. The van der Waals surface area contributed by atoms with Crippen molar-refractivity contribution in [2.75, 3.05) is 11.9 Å². The van der Waals surface area contributed by atoms with Gasteiger partial charge in [0.15, 0.2) is 0 Å². The number of aromatic amines is 1. The van der Waals surface area contributed by atoms with Crippen LogP contribution in [-0.2, 0) is 21.4 Å². The number of aromatic nitrogens is 2. The van der Waals surface area contributed by atoms with Crippen molar-refractivity contribution in [2.45, 2.75) is 30.5 Å². The topological polar surface area (TPSA) is 112 Å². The summed E-state index contributed by atoms with van der Waals surface area (Å²) in [6.07, 6.45) is 2.56. The van der Waals surface area contributed by atoms with Crippen molar-refractivity contribution in [1.82, 2.24) is 20.2 Å². The Morgan fingerprint density at radius 3 is 2.65 bits per heavy atom. The second-order valence-corrected chi connectivity index (χ2v) is 9.97. The van der Waals surface area contributed by atoms with Gasteiger partial charge in [0.25, 0.3) is 18.4 Å². The van der Waals surface area contributed by atoms with E-state index >= 15 is 0 Å². The van der Waals surface area contributed by atoms with Gasteiger partial charge in [-0.1, -0.05) is 23.0 Å². The van der Waals surface area contributed by atoms with Crippen LogP contribution in [0.5, 0.6) is 0 Å². The second-order valence-electron chi connectivity index (χ2n) is 9.97. The van der Waals surface area contributed by atoms with Crippen molar-refractivity contribution in [3.63, 3.8) is 0 Å². The largest absolute Gasteiger partial charge is 0.350 e. The number of halogens is 2. The molecule has 1 fully saturated rings. The Bertz CT molecular complexity index is 1680. The molecular weight excluding hydrogens is 518 g/mol. The van der Waals surface area contributed by atoms with Crippen molar-refractivity contribution >= 4 is 34.3 Å². The molecule has 0 bridgehead atoms. The molecule has 1 spiro atoms. The van der Waals surface area contributed by atoms with Gasteiger partial charge < -0.3 is 15.6 Å². The number of nitrogens with one attached hydrogen (secondary N) is 3. The van der Waals surface area contributed by atoms with Crippen molar-refractivity contribution in [3.05, 3.63) is 100 Å². The first-order valence-corrected chi connectivity index (χ1v) is 12.6. The van der Waals surface area contributed by atoms with Crippen LogP contribution >= 0.6 is 0 Å².